The van der Waals surface area contributed by atoms with Crippen LogP contribution in [0.25, 0.3) is 0 Å². The summed E-state index contributed by atoms with van der Waals surface area (Å²) < 4.78 is 0. The van der Waals surface area contributed by atoms with Crippen LogP contribution in [0.5, 0.6) is 0 Å². The molecule has 0 radical (unpaired) electrons. The number of hydrogen-bond acceptors (Lipinski definition) is 5. The lowest BCUT2D eigenvalue weighted by molar-refractivity contribution is 0.102. The van der Waals surface area contributed by atoms with Crippen molar-refractivity contribution in [3.63, 3.8) is 0 Å². The number of nitrogens with one attached hydrogen (secondary N) is 1. The van der Waals surface area contributed by atoms with E-state index < -0.39 is 0 Å². The van der Waals surface area contributed by atoms with Crippen LogP contribution in [0.1, 0.15) is 39.7 Å². The fraction of sp³-hybridized carbons (Fsp3) is 0.267. The number of anilines is 1. The number of aromatic nitrogens is 1. The highest BCUT2D eigenvalue weighted by molar-refractivity contribution is 7.14. The summed E-state index contributed by atoms with van der Waals surface area (Å²) in [5.41, 5.74) is 4.65. The molecule has 1 heterocycles. The maximum Gasteiger partial charge on any atom is 0.257 e. The summed E-state index contributed by atoms with van der Waals surface area (Å²) >= 11 is 1.30. The minimum atomic E-state index is -0.176. The van der Waals surface area contributed by atoms with E-state index in [1.807, 2.05) is 32.9 Å². The van der Waals surface area contributed by atoms with Crippen molar-refractivity contribution in [3.8, 4) is 0 Å². The van der Waals surface area contributed by atoms with Crippen LogP contribution in [-0.4, -0.2) is 21.8 Å². The molecule has 0 aliphatic rings. The number of oxime groups is 1. The lowest BCUT2D eigenvalue weighted by Gasteiger charge is -2.10. The molecule has 0 saturated carbocycles. The lowest BCUT2D eigenvalue weighted by Crippen LogP contribution is -2.15. The van der Waals surface area contributed by atoms with Crippen molar-refractivity contribution < 1.29 is 10.0 Å². The van der Waals surface area contributed by atoms with Crippen molar-refractivity contribution >= 4 is 28.1 Å². The third-order valence-electron chi connectivity index (χ3n) is 3.15. The maximum absolute atomic E-state index is 12.4. The Hall–Kier alpha value is -2.21. The van der Waals surface area contributed by atoms with Gasteiger partial charge in [-0.25, -0.2) is 4.98 Å². The first kappa shape index (κ1) is 15.2. The summed E-state index contributed by atoms with van der Waals surface area (Å²) in [5, 5.41) is 16.8. The van der Waals surface area contributed by atoms with Gasteiger partial charge in [0.15, 0.2) is 5.13 Å². The second kappa shape index (κ2) is 6.05. The molecule has 0 aliphatic carbocycles. The summed E-state index contributed by atoms with van der Waals surface area (Å²) in [6.45, 7) is 7.50. The Morgan fingerprint density at radius 2 is 1.90 bits per heavy atom. The zero-order valence-electron chi connectivity index (χ0n) is 12.4. The molecule has 0 fully saturated rings. The van der Waals surface area contributed by atoms with Gasteiger partial charge in [-0.15, -0.1) is 11.3 Å². The highest BCUT2D eigenvalue weighted by Gasteiger charge is 2.15. The molecule has 2 aromatic rings. The standard InChI is InChI=1S/C15H17N3O2S/c1-8-5-9(2)13(10(3)6-8)14(19)17-15-16-12(7-21-15)11(4)18-20/h5-7,20H,1-4H3,(H,16,17,19). The fourth-order valence-corrected chi connectivity index (χ4v) is 3.00. The zero-order valence-corrected chi connectivity index (χ0v) is 13.2. The minimum Gasteiger partial charge on any atom is -0.411 e. The Balaban J connectivity index is 2.25. The van der Waals surface area contributed by atoms with Crippen molar-refractivity contribution in [1.82, 2.24) is 4.98 Å². The normalized spacial score (nSPS) is 11.5. The van der Waals surface area contributed by atoms with Gasteiger partial charge in [-0.1, -0.05) is 22.9 Å². The third-order valence-corrected chi connectivity index (χ3v) is 3.91. The van der Waals surface area contributed by atoms with Gasteiger partial charge in [0.25, 0.3) is 5.91 Å². The van der Waals surface area contributed by atoms with Gasteiger partial charge in [0.05, 0.1) is 0 Å². The number of hydrogen-bond donors (Lipinski definition) is 2. The summed E-state index contributed by atoms with van der Waals surface area (Å²) in [7, 11) is 0. The van der Waals surface area contributed by atoms with Crippen LogP contribution in [0.2, 0.25) is 0 Å². The summed E-state index contributed by atoms with van der Waals surface area (Å²) in [6.07, 6.45) is 0. The molecule has 1 aromatic carbocycles. The largest absolute Gasteiger partial charge is 0.411 e. The van der Waals surface area contributed by atoms with Crippen LogP contribution >= 0.6 is 11.3 Å². The smallest absolute Gasteiger partial charge is 0.257 e. The quantitative estimate of drug-likeness (QED) is 0.517. The average molecular weight is 303 g/mol. The van der Waals surface area contributed by atoms with Gasteiger partial charge in [-0.05, 0) is 38.8 Å². The Morgan fingerprint density at radius 1 is 1.29 bits per heavy atom. The first-order valence-electron chi connectivity index (χ1n) is 6.46. The molecule has 1 aromatic heterocycles. The molecular formula is C15H17N3O2S. The molecule has 0 aliphatic heterocycles. The minimum absolute atomic E-state index is 0.176. The van der Waals surface area contributed by atoms with Crippen molar-refractivity contribution in [3.05, 3.63) is 45.5 Å². The number of thiazole rings is 1. The van der Waals surface area contributed by atoms with E-state index in [2.05, 4.69) is 15.5 Å². The molecule has 0 bridgehead atoms. The Morgan fingerprint density at radius 3 is 2.48 bits per heavy atom. The van der Waals surface area contributed by atoms with E-state index in [1.54, 1.807) is 12.3 Å². The number of amides is 1. The van der Waals surface area contributed by atoms with Gasteiger partial charge >= 0.3 is 0 Å². The van der Waals surface area contributed by atoms with Gasteiger partial charge in [-0.2, -0.15) is 0 Å². The summed E-state index contributed by atoms with van der Waals surface area (Å²) in [5.74, 6) is -0.176. The van der Waals surface area contributed by atoms with E-state index in [4.69, 9.17) is 5.21 Å². The van der Waals surface area contributed by atoms with Gasteiger partial charge < -0.3 is 5.21 Å². The highest BCUT2D eigenvalue weighted by atomic mass is 32.1. The van der Waals surface area contributed by atoms with Gasteiger partial charge in [0, 0.05) is 10.9 Å². The molecule has 5 nitrogen and oxygen atoms in total. The van der Waals surface area contributed by atoms with E-state index in [0.29, 0.717) is 22.1 Å². The molecule has 2 rings (SSSR count). The fourth-order valence-electron chi connectivity index (χ4n) is 2.25. The number of carbonyl (C=O) groups is 1. The maximum atomic E-state index is 12.4. The molecule has 1 amide bonds. The predicted octanol–water partition coefficient (Wildman–Crippen LogP) is 3.52. The van der Waals surface area contributed by atoms with E-state index in [0.717, 1.165) is 16.7 Å². The van der Waals surface area contributed by atoms with Gasteiger partial charge in [-0.3, -0.25) is 10.1 Å². The van der Waals surface area contributed by atoms with Gasteiger partial charge in [0.2, 0.25) is 0 Å². The first-order chi connectivity index (χ1) is 9.92. The van der Waals surface area contributed by atoms with Crippen LogP contribution in [0, 0.1) is 20.8 Å². The second-order valence-corrected chi connectivity index (χ2v) is 5.81. The molecular weight excluding hydrogens is 286 g/mol. The molecule has 0 saturated heterocycles. The van der Waals surface area contributed by atoms with Crippen molar-refractivity contribution in [2.75, 3.05) is 5.32 Å². The van der Waals surface area contributed by atoms with Crippen LogP contribution < -0.4 is 5.32 Å². The molecule has 0 atom stereocenters. The summed E-state index contributed by atoms with van der Waals surface area (Å²) in [6, 6.07) is 3.97. The van der Waals surface area contributed by atoms with E-state index >= 15 is 0 Å². The highest BCUT2D eigenvalue weighted by Crippen LogP contribution is 2.21. The van der Waals surface area contributed by atoms with Crippen LogP contribution in [0.15, 0.2) is 22.7 Å². The Bertz CT molecular complexity index is 696. The van der Waals surface area contributed by atoms with Crippen LogP contribution in [0.3, 0.4) is 0 Å². The molecule has 0 unspecified atom stereocenters. The number of aryl methyl sites for hydroxylation is 3. The molecule has 2 N–H and O–H groups in total. The monoisotopic (exact) mass is 303 g/mol. The second-order valence-electron chi connectivity index (χ2n) is 4.95. The predicted molar refractivity (Wildman–Crippen MR) is 84.7 cm³/mol. The van der Waals surface area contributed by atoms with E-state index in [1.165, 1.54) is 11.3 Å². The van der Waals surface area contributed by atoms with Crippen LogP contribution in [0.4, 0.5) is 5.13 Å². The number of benzene rings is 1. The number of rotatable bonds is 3. The lowest BCUT2D eigenvalue weighted by atomic mass is 9.99. The van der Waals surface area contributed by atoms with Crippen LogP contribution in [-0.2, 0) is 0 Å². The van der Waals surface area contributed by atoms with Crippen molar-refractivity contribution in [2.24, 2.45) is 5.16 Å². The van der Waals surface area contributed by atoms with Gasteiger partial charge in [0.1, 0.15) is 11.4 Å². The molecule has 110 valence electrons. The topological polar surface area (TPSA) is 74.6 Å². The molecule has 0 spiro atoms. The molecule has 21 heavy (non-hydrogen) atoms. The number of carbonyl (C=O) groups excluding carboxylic acids is 1. The summed E-state index contributed by atoms with van der Waals surface area (Å²) in [4.78, 5) is 16.6. The Kier molecular flexibility index (Phi) is 4.37. The Labute approximate surface area is 127 Å². The first-order valence-corrected chi connectivity index (χ1v) is 7.34. The third kappa shape index (κ3) is 3.28. The van der Waals surface area contributed by atoms with E-state index in [-0.39, 0.29) is 5.91 Å². The SMILES string of the molecule is CC(=NO)c1csc(NC(=O)c2c(C)cc(C)cc2C)n1. The van der Waals surface area contributed by atoms with Crippen molar-refractivity contribution in [1.29, 1.82) is 0 Å². The van der Waals surface area contributed by atoms with Crippen molar-refractivity contribution in [2.45, 2.75) is 27.7 Å². The number of nitrogens with zero attached hydrogens (tertiary/aromatic N) is 2. The zero-order chi connectivity index (χ0) is 15.6. The average Bonchev–Trinajstić information content (AvgIpc) is 2.85. The molecule has 6 heteroatoms. The van der Waals surface area contributed by atoms with E-state index in [9.17, 15) is 4.79 Å².